The highest BCUT2D eigenvalue weighted by Crippen LogP contribution is 2.26. The van der Waals surface area contributed by atoms with Gasteiger partial charge in [-0.15, -0.1) is 0 Å². The number of hydrogen-bond acceptors (Lipinski definition) is 2. The molecule has 0 aliphatic carbocycles. The molecule has 6 heteroatoms. The number of halogens is 3. The number of carboxylic acids is 1. The fourth-order valence-corrected chi connectivity index (χ4v) is 1.43. The SMILES string of the molecule is O=C(O)CCCNc1c(F)cc(F)cc1Cl. The van der Waals surface area contributed by atoms with Gasteiger partial charge in [0.25, 0.3) is 0 Å². The second-order valence-electron chi connectivity index (χ2n) is 3.17. The van der Waals surface area contributed by atoms with Gasteiger partial charge in [0.05, 0.1) is 10.7 Å². The molecule has 1 aromatic rings. The predicted octanol–water partition coefficient (Wildman–Crippen LogP) is 2.89. The molecule has 0 amide bonds. The van der Waals surface area contributed by atoms with E-state index in [2.05, 4.69) is 5.32 Å². The molecule has 0 aromatic heterocycles. The Balaban J connectivity index is 2.57. The first-order valence-corrected chi connectivity index (χ1v) is 4.98. The fraction of sp³-hybridized carbons (Fsp3) is 0.300. The minimum atomic E-state index is -0.924. The van der Waals surface area contributed by atoms with Gasteiger partial charge in [0.2, 0.25) is 0 Å². The van der Waals surface area contributed by atoms with Crippen molar-refractivity contribution in [2.24, 2.45) is 0 Å². The molecule has 0 aliphatic rings. The van der Waals surface area contributed by atoms with Gasteiger partial charge in [-0.1, -0.05) is 11.6 Å². The molecule has 88 valence electrons. The number of benzene rings is 1. The van der Waals surface area contributed by atoms with Crippen LogP contribution in [0.2, 0.25) is 5.02 Å². The van der Waals surface area contributed by atoms with Crippen LogP contribution in [0.25, 0.3) is 0 Å². The Morgan fingerprint density at radius 3 is 2.69 bits per heavy atom. The highest BCUT2D eigenvalue weighted by atomic mass is 35.5. The van der Waals surface area contributed by atoms with Crippen molar-refractivity contribution in [2.75, 3.05) is 11.9 Å². The van der Waals surface area contributed by atoms with Crippen molar-refractivity contribution in [3.8, 4) is 0 Å². The molecule has 1 aromatic carbocycles. The molecule has 0 bridgehead atoms. The van der Waals surface area contributed by atoms with Gasteiger partial charge in [-0.2, -0.15) is 0 Å². The largest absolute Gasteiger partial charge is 0.481 e. The Kier molecular flexibility index (Phi) is 4.49. The quantitative estimate of drug-likeness (QED) is 0.789. The molecular formula is C10H10ClF2NO2. The van der Waals surface area contributed by atoms with Crippen molar-refractivity contribution >= 4 is 23.3 Å². The van der Waals surface area contributed by atoms with Crippen LogP contribution in [0.1, 0.15) is 12.8 Å². The lowest BCUT2D eigenvalue weighted by atomic mass is 10.2. The molecule has 0 atom stereocenters. The van der Waals surface area contributed by atoms with Crippen LogP contribution in [-0.2, 0) is 4.79 Å². The highest BCUT2D eigenvalue weighted by Gasteiger charge is 2.09. The molecule has 0 radical (unpaired) electrons. The van der Waals surface area contributed by atoms with Gasteiger partial charge in [-0.3, -0.25) is 4.79 Å². The lowest BCUT2D eigenvalue weighted by Gasteiger charge is -2.08. The zero-order valence-corrected chi connectivity index (χ0v) is 9.02. The van der Waals surface area contributed by atoms with Crippen LogP contribution in [0.4, 0.5) is 14.5 Å². The molecule has 3 nitrogen and oxygen atoms in total. The van der Waals surface area contributed by atoms with Gasteiger partial charge in [0, 0.05) is 19.0 Å². The molecule has 0 aliphatic heterocycles. The van der Waals surface area contributed by atoms with Crippen LogP contribution in [-0.4, -0.2) is 17.6 Å². The lowest BCUT2D eigenvalue weighted by Crippen LogP contribution is -2.06. The topological polar surface area (TPSA) is 49.3 Å². The normalized spacial score (nSPS) is 10.2. The Hall–Kier alpha value is -1.36. The molecule has 0 unspecified atom stereocenters. The van der Waals surface area contributed by atoms with Crippen molar-refractivity contribution in [2.45, 2.75) is 12.8 Å². The summed E-state index contributed by atoms with van der Waals surface area (Å²) >= 11 is 5.62. The van der Waals surface area contributed by atoms with Gasteiger partial charge >= 0.3 is 5.97 Å². The second kappa shape index (κ2) is 5.65. The number of carbonyl (C=O) groups is 1. The van der Waals surface area contributed by atoms with Crippen molar-refractivity contribution < 1.29 is 18.7 Å². The van der Waals surface area contributed by atoms with Crippen LogP contribution < -0.4 is 5.32 Å². The Morgan fingerprint density at radius 2 is 2.12 bits per heavy atom. The molecule has 0 heterocycles. The zero-order valence-electron chi connectivity index (χ0n) is 8.27. The Bertz CT molecular complexity index is 375. The molecule has 0 fully saturated rings. The molecular weight excluding hydrogens is 240 g/mol. The highest BCUT2D eigenvalue weighted by molar-refractivity contribution is 6.33. The summed E-state index contributed by atoms with van der Waals surface area (Å²) in [7, 11) is 0. The number of nitrogens with one attached hydrogen (secondary N) is 1. The number of aliphatic carboxylic acids is 1. The van der Waals surface area contributed by atoms with Gasteiger partial charge < -0.3 is 10.4 Å². The van der Waals surface area contributed by atoms with Gasteiger partial charge in [0.15, 0.2) is 5.82 Å². The van der Waals surface area contributed by atoms with E-state index in [1.807, 2.05) is 0 Å². The van der Waals surface area contributed by atoms with Crippen LogP contribution in [0.3, 0.4) is 0 Å². The minimum absolute atomic E-state index is 0.00606. The molecule has 0 saturated carbocycles. The molecule has 16 heavy (non-hydrogen) atoms. The van der Waals surface area contributed by atoms with Gasteiger partial charge in [0.1, 0.15) is 5.82 Å². The van der Waals surface area contributed by atoms with E-state index in [9.17, 15) is 13.6 Å². The summed E-state index contributed by atoms with van der Waals surface area (Å²) in [5, 5.41) is 10.9. The fourth-order valence-electron chi connectivity index (χ4n) is 1.16. The minimum Gasteiger partial charge on any atom is -0.481 e. The van der Waals surface area contributed by atoms with E-state index in [0.717, 1.165) is 6.07 Å². The van der Waals surface area contributed by atoms with E-state index < -0.39 is 17.6 Å². The molecule has 0 spiro atoms. The van der Waals surface area contributed by atoms with Crippen LogP contribution >= 0.6 is 11.6 Å². The monoisotopic (exact) mass is 249 g/mol. The van der Waals surface area contributed by atoms with Crippen LogP contribution in [0, 0.1) is 11.6 Å². The Morgan fingerprint density at radius 1 is 1.44 bits per heavy atom. The number of hydrogen-bond donors (Lipinski definition) is 2. The second-order valence-corrected chi connectivity index (χ2v) is 3.58. The first kappa shape index (κ1) is 12.7. The standard InChI is InChI=1S/C10H10ClF2NO2/c11-7-4-6(12)5-8(13)10(7)14-3-1-2-9(15)16/h4-5,14H,1-3H2,(H,15,16). The molecule has 1 rings (SSSR count). The summed E-state index contributed by atoms with van der Waals surface area (Å²) in [5.41, 5.74) is -0.00606. The number of anilines is 1. The average Bonchev–Trinajstić information content (AvgIpc) is 2.14. The van der Waals surface area contributed by atoms with E-state index in [0.29, 0.717) is 12.5 Å². The third-order valence-corrected chi connectivity index (χ3v) is 2.17. The summed E-state index contributed by atoms with van der Waals surface area (Å²) < 4.78 is 25.9. The first-order chi connectivity index (χ1) is 7.50. The summed E-state index contributed by atoms with van der Waals surface area (Å²) in [6.07, 6.45) is 0.315. The van der Waals surface area contributed by atoms with Crippen LogP contribution in [0.15, 0.2) is 12.1 Å². The summed E-state index contributed by atoms with van der Waals surface area (Å²) in [4.78, 5) is 10.2. The van der Waals surface area contributed by atoms with Crippen molar-refractivity contribution in [3.05, 3.63) is 28.8 Å². The summed E-state index contributed by atoms with van der Waals surface area (Å²) in [5.74, 6) is -2.47. The van der Waals surface area contributed by atoms with E-state index in [-0.39, 0.29) is 23.7 Å². The van der Waals surface area contributed by atoms with Crippen LogP contribution in [0.5, 0.6) is 0 Å². The van der Waals surface area contributed by atoms with Gasteiger partial charge in [-0.25, -0.2) is 8.78 Å². The number of carboxylic acid groups (broad SMARTS) is 1. The third-order valence-electron chi connectivity index (χ3n) is 1.88. The first-order valence-electron chi connectivity index (χ1n) is 4.61. The van der Waals surface area contributed by atoms with Crippen molar-refractivity contribution in [1.82, 2.24) is 0 Å². The zero-order chi connectivity index (χ0) is 12.1. The van der Waals surface area contributed by atoms with Crippen molar-refractivity contribution in [1.29, 1.82) is 0 Å². The van der Waals surface area contributed by atoms with E-state index >= 15 is 0 Å². The van der Waals surface area contributed by atoms with E-state index in [1.54, 1.807) is 0 Å². The number of rotatable bonds is 5. The summed E-state index contributed by atoms with van der Waals surface area (Å²) in [6.45, 7) is 0.259. The summed E-state index contributed by atoms with van der Waals surface area (Å²) in [6, 6.07) is 1.70. The molecule has 2 N–H and O–H groups in total. The van der Waals surface area contributed by atoms with E-state index in [4.69, 9.17) is 16.7 Å². The predicted molar refractivity (Wildman–Crippen MR) is 56.7 cm³/mol. The maximum absolute atomic E-state index is 13.2. The Labute approximate surface area is 96.0 Å². The average molecular weight is 250 g/mol. The van der Waals surface area contributed by atoms with Gasteiger partial charge in [-0.05, 0) is 12.5 Å². The van der Waals surface area contributed by atoms with Crippen molar-refractivity contribution in [3.63, 3.8) is 0 Å². The maximum atomic E-state index is 13.2. The van der Waals surface area contributed by atoms with E-state index in [1.165, 1.54) is 0 Å². The smallest absolute Gasteiger partial charge is 0.303 e. The third kappa shape index (κ3) is 3.66. The maximum Gasteiger partial charge on any atom is 0.303 e. The molecule has 0 saturated heterocycles. The lowest BCUT2D eigenvalue weighted by molar-refractivity contribution is -0.137.